The number of aromatic amines is 1. The maximum absolute atomic E-state index is 13.4. The Hall–Kier alpha value is -3.23. The van der Waals surface area contributed by atoms with Gasteiger partial charge in [-0.1, -0.05) is 0 Å². The number of nitrogens with one attached hydrogen (secondary N) is 2. The Bertz CT molecular complexity index is 994. The van der Waals surface area contributed by atoms with Gasteiger partial charge in [0.15, 0.2) is 0 Å². The van der Waals surface area contributed by atoms with Crippen LogP contribution >= 0.6 is 0 Å². The number of ether oxygens (including phenoxy) is 2. The van der Waals surface area contributed by atoms with Crippen LogP contribution in [-0.2, 0) is 20.7 Å². The number of aromatic nitrogens is 1. The van der Waals surface area contributed by atoms with Gasteiger partial charge in [-0.15, -0.1) is 0 Å². The molecule has 0 spiro atoms. The molecule has 0 radical (unpaired) electrons. The molecule has 2 heterocycles. The van der Waals surface area contributed by atoms with Gasteiger partial charge in [-0.05, 0) is 64.3 Å². The Labute approximate surface area is 187 Å². The van der Waals surface area contributed by atoms with Gasteiger partial charge in [0.05, 0.1) is 6.61 Å². The van der Waals surface area contributed by atoms with E-state index in [1.54, 1.807) is 20.8 Å². The number of nitrogens with two attached hydrogens (primary N) is 1. The molecule has 2 atom stereocenters. The van der Waals surface area contributed by atoms with E-state index in [-0.39, 0.29) is 12.3 Å². The average molecular weight is 445 g/mol. The van der Waals surface area contributed by atoms with E-state index in [4.69, 9.17) is 15.2 Å². The SMILES string of the molecule is CCOc1ccc2[nH]cc(CC(NC(=O)OC(C)(C)C)C(=O)N3CCCC3C(N)=O)c2c1. The van der Waals surface area contributed by atoms with Crippen molar-refractivity contribution in [2.75, 3.05) is 13.2 Å². The number of H-pyrrole nitrogens is 1. The summed E-state index contributed by atoms with van der Waals surface area (Å²) in [5, 5.41) is 3.60. The highest BCUT2D eigenvalue weighted by Crippen LogP contribution is 2.26. The molecule has 1 aliphatic heterocycles. The smallest absolute Gasteiger partial charge is 0.408 e. The first-order valence-corrected chi connectivity index (χ1v) is 10.9. The molecule has 3 amide bonds. The number of nitrogens with zero attached hydrogens (tertiary/aromatic N) is 1. The predicted octanol–water partition coefficient (Wildman–Crippen LogP) is 2.48. The van der Waals surface area contributed by atoms with Gasteiger partial charge >= 0.3 is 6.09 Å². The van der Waals surface area contributed by atoms with Gasteiger partial charge < -0.3 is 30.4 Å². The Morgan fingerprint density at radius 1 is 1.31 bits per heavy atom. The summed E-state index contributed by atoms with van der Waals surface area (Å²) >= 11 is 0. The Balaban J connectivity index is 1.89. The van der Waals surface area contributed by atoms with Crippen molar-refractivity contribution in [1.82, 2.24) is 15.2 Å². The number of alkyl carbamates (subject to hydrolysis) is 1. The van der Waals surface area contributed by atoms with Crippen molar-refractivity contribution in [1.29, 1.82) is 0 Å². The molecule has 2 unspecified atom stereocenters. The number of primary amides is 1. The zero-order chi connectivity index (χ0) is 23.5. The van der Waals surface area contributed by atoms with Gasteiger partial charge in [0.25, 0.3) is 0 Å². The maximum Gasteiger partial charge on any atom is 0.408 e. The van der Waals surface area contributed by atoms with Crippen LogP contribution in [0.15, 0.2) is 24.4 Å². The molecule has 9 nitrogen and oxygen atoms in total. The van der Waals surface area contributed by atoms with E-state index in [2.05, 4.69) is 10.3 Å². The molecular formula is C23H32N4O5. The molecule has 32 heavy (non-hydrogen) atoms. The summed E-state index contributed by atoms with van der Waals surface area (Å²) in [5.74, 6) is -0.176. The van der Waals surface area contributed by atoms with Gasteiger partial charge in [-0.3, -0.25) is 9.59 Å². The molecule has 0 saturated carbocycles. The third-order valence-electron chi connectivity index (χ3n) is 5.33. The van der Waals surface area contributed by atoms with Crippen LogP contribution in [-0.4, -0.2) is 58.6 Å². The van der Waals surface area contributed by atoms with E-state index in [0.717, 1.165) is 22.2 Å². The number of carbonyl (C=O) groups is 3. The third kappa shape index (κ3) is 5.52. The molecule has 9 heteroatoms. The highest BCUT2D eigenvalue weighted by Gasteiger charge is 2.37. The maximum atomic E-state index is 13.4. The van der Waals surface area contributed by atoms with Crippen molar-refractivity contribution in [3.63, 3.8) is 0 Å². The second kappa shape index (κ2) is 9.50. The molecule has 4 N–H and O–H groups in total. The zero-order valence-electron chi connectivity index (χ0n) is 19.1. The Kier molecular flexibility index (Phi) is 6.96. The van der Waals surface area contributed by atoms with E-state index in [1.807, 2.05) is 31.3 Å². The summed E-state index contributed by atoms with van der Waals surface area (Å²) in [6, 6.07) is 4.10. The van der Waals surface area contributed by atoms with Crippen LogP contribution in [0.1, 0.15) is 46.1 Å². The molecule has 1 aromatic heterocycles. The fourth-order valence-corrected chi connectivity index (χ4v) is 3.98. The Morgan fingerprint density at radius 3 is 2.72 bits per heavy atom. The van der Waals surface area contributed by atoms with Gasteiger partial charge in [-0.2, -0.15) is 0 Å². The number of rotatable bonds is 7. The molecule has 1 aliphatic rings. The summed E-state index contributed by atoms with van der Waals surface area (Å²) in [5.41, 5.74) is 6.52. The first-order chi connectivity index (χ1) is 15.1. The number of carbonyl (C=O) groups excluding carboxylic acids is 3. The van der Waals surface area contributed by atoms with Gasteiger partial charge in [0.2, 0.25) is 11.8 Å². The van der Waals surface area contributed by atoms with Crippen molar-refractivity contribution in [2.24, 2.45) is 5.73 Å². The van der Waals surface area contributed by atoms with Gasteiger partial charge in [0.1, 0.15) is 23.4 Å². The third-order valence-corrected chi connectivity index (χ3v) is 5.33. The van der Waals surface area contributed by atoms with Gasteiger partial charge in [-0.25, -0.2) is 4.79 Å². The topological polar surface area (TPSA) is 127 Å². The van der Waals surface area contributed by atoms with E-state index in [1.165, 1.54) is 4.90 Å². The summed E-state index contributed by atoms with van der Waals surface area (Å²) in [6.45, 7) is 8.12. The molecule has 1 aromatic carbocycles. The van der Waals surface area contributed by atoms with E-state index in [9.17, 15) is 14.4 Å². The highest BCUT2D eigenvalue weighted by molar-refractivity contribution is 5.92. The van der Waals surface area contributed by atoms with Crippen LogP contribution in [0.25, 0.3) is 10.9 Å². The lowest BCUT2D eigenvalue weighted by Gasteiger charge is -2.28. The number of amides is 3. The minimum atomic E-state index is -0.917. The van der Waals surface area contributed by atoms with Crippen molar-refractivity contribution < 1.29 is 23.9 Å². The standard InChI is InChI=1S/C23H32N4O5/c1-5-31-15-8-9-17-16(12-15)14(13-25-17)11-18(26-22(30)32-23(2,3)4)21(29)27-10-6-7-19(27)20(24)28/h8-9,12-13,18-19,25H,5-7,10-11H2,1-4H3,(H2,24,28)(H,26,30). The van der Waals surface area contributed by atoms with Crippen LogP contribution in [0.5, 0.6) is 5.75 Å². The first-order valence-electron chi connectivity index (χ1n) is 10.9. The second-order valence-corrected chi connectivity index (χ2v) is 8.95. The molecule has 1 fully saturated rings. The normalized spacial score (nSPS) is 17.2. The lowest BCUT2D eigenvalue weighted by atomic mass is 10.0. The minimum Gasteiger partial charge on any atom is -0.494 e. The van der Waals surface area contributed by atoms with E-state index < -0.39 is 29.7 Å². The van der Waals surface area contributed by atoms with E-state index >= 15 is 0 Å². The number of hydrogen-bond acceptors (Lipinski definition) is 5. The fraction of sp³-hybridized carbons (Fsp3) is 0.522. The van der Waals surface area contributed by atoms with Crippen LogP contribution < -0.4 is 15.8 Å². The molecule has 2 aromatic rings. The zero-order valence-corrected chi connectivity index (χ0v) is 19.1. The number of likely N-dealkylation sites (tertiary alicyclic amines) is 1. The monoisotopic (exact) mass is 444 g/mol. The summed E-state index contributed by atoms with van der Waals surface area (Å²) < 4.78 is 11.0. The molecule has 3 rings (SSSR count). The van der Waals surface area contributed by atoms with Gasteiger partial charge in [0, 0.05) is 30.1 Å². The van der Waals surface area contributed by atoms with Crippen molar-refractivity contribution in [2.45, 2.75) is 64.6 Å². The number of hydrogen-bond donors (Lipinski definition) is 3. The molecular weight excluding hydrogens is 412 g/mol. The second-order valence-electron chi connectivity index (χ2n) is 8.95. The fourth-order valence-electron chi connectivity index (χ4n) is 3.98. The molecule has 0 bridgehead atoms. The minimum absolute atomic E-state index is 0.218. The first kappa shape index (κ1) is 23.4. The molecule has 1 saturated heterocycles. The summed E-state index contributed by atoms with van der Waals surface area (Å²) in [7, 11) is 0. The van der Waals surface area contributed by atoms with Crippen LogP contribution in [0.2, 0.25) is 0 Å². The average Bonchev–Trinajstić information content (AvgIpc) is 3.33. The quantitative estimate of drug-likeness (QED) is 0.605. The van der Waals surface area contributed by atoms with E-state index in [0.29, 0.717) is 26.0 Å². The summed E-state index contributed by atoms with van der Waals surface area (Å²) in [4.78, 5) is 42.4. The predicted molar refractivity (Wildman–Crippen MR) is 120 cm³/mol. The largest absolute Gasteiger partial charge is 0.494 e. The van der Waals surface area contributed by atoms with Crippen LogP contribution in [0, 0.1) is 0 Å². The van der Waals surface area contributed by atoms with Crippen molar-refractivity contribution in [3.8, 4) is 5.75 Å². The summed E-state index contributed by atoms with van der Waals surface area (Å²) in [6.07, 6.45) is 2.54. The van der Waals surface area contributed by atoms with Crippen LogP contribution in [0.3, 0.4) is 0 Å². The lowest BCUT2D eigenvalue weighted by Crippen LogP contribution is -2.54. The van der Waals surface area contributed by atoms with Crippen molar-refractivity contribution >= 4 is 28.8 Å². The lowest BCUT2D eigenvalue weighted by molar-refractivity contribution is -0.139. The highest BCUT2D eigenvalue weighted by atomic mass is 16.6. The molecule has 174 valence electrons. The Morgan fingerprint density at radius 2 is 2.06 bits per heavy atom. The number of benzene rings is 1. The van der Waals surface area contributed by atoms with Crippen molar-refractivity contribution in [3.05, 3.63) is 30.0 Å². The van der Waals surface area contributed by atoms with Crippen LogP contribution in [0.4, 0.5) is 4.79 Å². The number of fused-ring (bicyclic) bond motifs is 1. The molecule has 0 aliphatic carbocycles.